The molecule has 0 atom stereocenters. The van der Waals surface area contributed by atoms with Crippen molar-refractivity contribution in [1.29, 1.82) is 0 Å². The van der Waals surface area contributed by atoms with Gasteiger partial charge in [0, 0.05) is 30.4 Å². The van der Waals surface area contributed by atoms with Crippen LogP contribution in [0, 0.1) is 5.41 Å². The first-order valence-electron chi connectivity index (χ1n) is 8.88. The molecule has 5 rings (SSSR count). The zero-order valence-corrected chi connectivity index (χ0v) is 14.9. The van der Waals surface area contributed by atoms with Gasteiger partial charge >= 0.3 is 0 Å². The molecule has 136 valence electrons. The molecule has 0 saturated heterocycles. The van der Waals surface area contributed by atoms with Crippen molar-refractivity contribution in [1.82, 2.24) is 30.3 Å². The summed E-state index contributed by atoms with van der Waals surface area (Å²) in [4.78, 5) is 16.7. The monoisotopic (exact) mass is 361 g/mol. The third kappa shape index (κ3) is 2.44. The first kappa shape index (κ1) is 15.8. The van der Waals surface area contributed by atoms with Crippen LogP contribution < -0.4 is 11.1 Å². The third-order valence-corrected chi connectivity index (χ3v) is 5.37. The molecule has 8 heteroatoms. The maximum Gasteiger partial charge on any atom is 0.227 e. The normalized spacial score (nSPS) is 15.3. The largest absolute Gasteiger partial charge is 0.383 e. The van der Waals surface area contributed by atoms with Gasteiger partial charge in [0.1, 0.15) is 11.3 Å². The molecule has 1 aliphatic carbocycles. The van der Waals surface area contributed by atoms with Crippen LogP contribution in [-0.2, 0) is 11.3 Å². The number of hydrogen-bond acceptors (Lipinski definition) is 5. The summed E-state index contributed by atoms with van der Waals surface area (Å²) in [5.41, 5.74) is 9.36. The zero-order chi connectivity index (χ0) is 18.6. The van der Waals surface area contributed by atoms with Crippen LogP contribution in [0.15, 0.2) is 36.7 Å². The molecular weight excluding hydrogens is 342 g/mol. The Morgan fingerprint density at radius 3 is 2.89 bits per heavy atom. The van der Waals surface area contributed by atoms with Crippen molar-refractivity contribution < 1.29 is 4.79 Å². The molecule has 1 aromatic carbocycles. The van der Waals surface area contributed by atoms with E-state index in [1.54, 1.807) is 13.2 Å². The van der Waals surface area contributed by atoms with E-state index >= 15 is 0 Å². The Balaban J connectivity index is 1.60. The van der Waals surface area contributed by atoms with Crippen molar-refractivity contribution in [3.05, 3.63) is 36.7 Å². The van der Waals surface area contributed by atoms with E-state index in [9.17, 15) is 4.79 Å². The van der Waals surface area contributed by atoms with Crippen LogP contribution in [0.2, 0.25) is 0 Å². The van der Waals surface area contributed by atoms with Crippen LogP contribution in [0.3, 0.4) is 0 Å². The molecule has 4 N–H and O–H groups in total. The Kier molecular flexibility index (Phi) is 3.24. The number of nitrogens with one attached hydrogen (secondary N) is 2. The first-order chi connectivity index (χ1) is 13.1. The highest BCUT2D eigenvalue weighted by atomic mass is 16.2. The van der Waals surface area contributed by atoms with E-state index in [0.717, 1.165) is 45.9 Å². The molecule has 8 nitrogen and oxygen atoms in total. The summed E-state index contributed by atoms with van der Waals surface area (Å²) >= 11 is 0. The van der Waals surface area contributed by atoms with E-state index in [1.807, 2.05) is 35.1 Å². The summed E-state index contributed by atoms with van der Waals surface area (Å²) in [5, 5.41) is 16.2. The van der Waals surface area contributed by atoms with Gasteiger partial charge in [0.25, 0.3) is 0 Å². The maximum atomic E-state index is 12.1. The van der Waals surface area contributed by atoms with Crippen molar-refractivity contribution >= 4 is 33.5 Å². The molecule has 1 amide bonds. The second kappa shape index (κ2) is 5.54. The number of benzene rings is 1. The van der Waals surface area contributed by atoms with E-state index in [2.05, 4.69) is 20.5 Å². The summed E-state index contributed by atoms with van der Waals surface area (Å²) in [7, 11) is 1.68. The van der Waals surface area contributed by atoms with Crippen LogP contribution in [0.5, 0.6) is 0 Å². The summed E-state index contributed by atoms with van der Waals surface area (Å²) < 4.78 is 1.83. The van der Waals surface area contributed by atoms with Gasteiger partial charge < -0.3 is 11.1 Å². The highest BCUT2D eigenvalue weighted by Crippen LogP contribution is 2.47. The number of aromatic nitrogens is 5. The average Bonchev–Trinajstić information content (AvgIpc) is 3.09. The summed E-state index contributed by atoms with van der Waals surface area (Å²) in [5.74, 6) is 0.512. The highest BCUT2D eigenvalue weighted by Gasteiger charge is 2.49. The van der Waals surface area contributed by atoms with Crippen LogP contribution >= 0.6 is 0 Å². The SMILES string of the molecule is CNC(=O)C1(Cn2cc3c(N)nc4cc(-c5ccn[nH]5)ccc4c3n2)CC1. The number of carbonyl (C=O) groups excluding carboxylic acids is 1. The molecular formula is C19H19N7O. The van der Waals surface area contributed by atoms with Crippen LogP contribution in [0.25, 0.3) is 33.1 Å². The zero-order valence-electron chi connectivity index (χ0n) is 14.9. The number of nitrogens with two attached hydrogens (primary N) is 1. The second-order valence-electron chi connectivity index (χ2n) is 7.15. The van der Waals surface area contributed by atoms with Crippen molar-refractivity contribution in [2.24, 2.45) is 5.41 Å². The van der Waals surface area contributed by atoms with Crippen molar-refractivity contribution in [3.8, 4) is 11.3 Å². The Morgan fingerprint density at radius 1 is 1.33 bits per heavy atom. The predicted octanol–water partition coefficient (Wildman–Crippen LogP) is 2.08. The number of hydrogen-bond donors (Lipinski definition) is 3. The van der Waals surface area contributed by atoms with Gasteiger partial charge in [-0.05, 0) is 31.0 Å². The number of carbonyl (C=O) groups is 1. The molecule has 1 fully saturated rings. The predicted molar refractivity (Wildman–Crippen MR) is 103 cm³/mol. The second-order valence-corrected chi connectivity index (χ2v) is 7.15. The lowest BCUT2D eigenvalue weighted by atomic mass is 10.1. The summed E-state index contributed by atoms with van der Waals surface area (Å²) in [6.07, 6.45) is 5.37. The van der Waals surface area contributed by atoms with Gasteiger partial charge in [-0.1, -0.05) is 6.07 Å². The molecule has 0 bridgehead atoms. The number of amides is 1. The molecule has 0 radical (unpaired) electrons. The van der Waals surface area contributed by atoms with Crippen LogP contribution in [0.1, 0.15) is 12.8 Å². The number of H-pyrrole nitrogens is 1. The minimum atomic E-state index is -0.345. The standard InChI is InChI=1S/C19H19N7O/c1-21-18(27)19(5-6-19)10-26-9-13-16(25-26)12-3-2-11(14-4-7-22-24-14)8-15(12)23-17(13)20/h2-4,7-9H,5-6,10H2,1H3,(H2,20,23)(H,21,27)(H,22,24). The molecule has 1 saturated carbocycles. The third-order valence-electron chi connectivity index (χ3n) is 5.37. The number of fused-ring (bicyclic) bond motifs is 3. The topological polar surface area (TPSA) is 115 Å². The van der Waals surface area contributed by atoms with E-state index in [0.29, 0.717) is 12.4 Å². The summed E-state index contributed by atoms with van der Waals surface area (Å²) in [6, 6.07) is 7.90. The quantitative estimate of drug-likeness (QED) is 0.515. The molecule has 0 unspecified atom stereocenters. The molecule has 27 heavy (non-hydrogen) atoms. The van der Waals surface area contributed by atoms with Crippen LogP contribution in [-0.4, -0.2) is 37.9 Å². The van der Waals surface area contributed by atoms with Gasteiger partial charge in [-0.25, -0.2) is 4.98 Å². The Morgan fingerprint density at radius 2 is 2.19 bits per heavy atom. The summed E-state index contributed by atoms with van der Waals surface area (Å²) in [6.45, 7) is 0.550. The number of rotatable bonds is 4. The van der Waals surface area contributed by atoms with E-state index in [1.165, 1.54) is 0 Å². The number of pyridine rings is 1. The number of aromatic amines is 1. The fraction of sp³-hybridized carbons (Fsp3) is 0.263. The number of nitrogen functional groups attached to an aromatic ring is 1. The molecule has 1 aliphatic rings. The smallest absolute Gasteiger partial charge is 0.227 e. The first-order valence-corrected chi connectivity index (χ1v) is 8.88. The van der Waals surface area contributed by atoms with Gasteiger partial charge in [-0.3, -0.25) is 14.6 Å². The van der Waals surface area contributed by atoms with Gasteiger partial charge in [0.15, 0.2) is 0 Å². The Hall–Kier alpha value is -3.42. The van der Waals surface area contributed by atoms with Gasteiger partial charge in [0.2, 0.25) is 5.91 Å². The number of nitrogens with zero attached hydrogens (tertiary/aromatic N) is 4. The van der Waals surface area contributed by atoms with Crippen LogP contribution in [0.4, 0.5) is 5.82 Å². The highest BCUT2D eigenvalue weighted by molar-refractivity contribution is 6.08. The molecule has 4 aromatic rings. The van der Waals surface area contributed by atoms with Gasteiger partial charge in [-0.2, -0.15) is 10.2 Å². The molecule has 3 heterocycles. The lowest BCUT2D eigenvalue weighted by molar-refractivity contribution is -0.126. The minimum absolute atomic E-state index is 0.0715. The average molecular weight is 361 g/mol. The van der Waals surface area contributed by atoms with E-state index in [4.69, 9.17) is 10.8 Å². The van der Waals surface area contributed by atoms with Gasteiger partial charge in [-0.15, -0.1) is 0 Å². The van der Waals surface area contributed by atoms with E-state index in [-0.39, 0.29) is 11.3 Å². The van der Waals surface area contributed by atoms with Crippen molar-refractivity contribution in [2.75, 3.05) is 12.8 Å². The van der Waals surface area contributed by atoms with Crippen molar-refractivity contribution in [2.45, 2.75) is 19.4 Å². The van der Waals surface area contributed by atoms with E-state index < -0.39 is 0 Å². The van der Waals surface area contributed by atoms with Gasteiger partial charge in [0.05, 0.1) is 28.6 Å². The lowest BCUT2D eigenvalue weighted by Crippen LogP contribution is -2.32. The molecule has 0 aliphatic heterocycles. The van der Waals surface area contributed by atoms with Crippen molar-refractivity contribution in [3.63, 3.8) is 0 Å². The molecule has 3 aromatic heterocycles. The Bertz CT molecular complexity index is 1170. The number of anilines is 1. The minimum Gasteiger partial charge on any atom is -0.383 e. The fourth-order valence-electron chi connectivity index (χ4n) is 3.67. The molecule has 0 spiro atoms. The Labute approximate surface area is 154 Å². The lowest BCUT2D eigenvalue weighted by Gasteiger charge is -2.12. The maximum absolute atomic E-state index is 12.1. The fourth-order valence-corrected chi connectivity index (χ4v) is 3.67.